The van der Waals surface area contributed by atoms with Gasteiger partial charge in [-0.15, -0.1) is 0 Å². The van der Waals surface area contributed by atoms with E-state index in [0.717, 1.165) is 0 Å². The number of carbonyl (C=O) groups excluding carboxylic acids is 2. The number of halogens is 1. The number of amides is 2. The molecule has 0 saturated heterocycles. The highest BCUT2D eigenvalue weighted by Gasteiger charge is 2.14. The fraction of sp³-hybridized carbons (Fsp3) is 0.176. The summed E-state index contributed by atoms with van der Waals surface area (Å²) in [7, 11) is -1.83. The molecular formula is C17H17ClN2O4S. The van der Waals surface area contributed by atoms with Gasteiger partial charge in [0.05, 0.1) is 21.2 Å². The van der Waals surface area contributed by atoms with Gasteiger partial charge in [0.15, 0.2) is 9.84 Å². The standard InChI is InChI=1S/C17H17ClN2O4S/c1-3-25(23,24)13-7-4-11(5-8-13)16(21)20-12-6-9-15(18)14(10-12)17(22)19-2/h4-10H,3H2,1-2H3,(H,19,22)(H,20,21). The van der Waals surface area contributed by atoms with Gasteiger partial charge in [-0.2, -0.15) is 0 Å². The van der Waals surface area contributed by atoms with Crippen molar-refractivity contribution >= 4 is 38.9 Å². The molecule has 2 aromatic carbocycles. The molecule has 0 heterocycles. The van der Waals surface area contributed by atoms with E-state index in [4.69, 9.17) is 11.6 Å². The summed E-state index contributed by atoms with van der Waals surface area (Å²) < 4.78 is 23.6. The van der Waals surface area contributed by atoms with Crippen molar-refractivity contribution in [3.8, 4) is 0 Å². The van der Waals surface area contributed by atoms with E-state index in [9.17, 15) is 18.0 Å². The van der Waals surface area contributed by atoms with Crippen LogP contribution in [-0.4, -0.2) is 33.0 Å². The van der Waals surface area contributed by atoms with E-state index in [1.807, 2.05) is 0 Å². The van der Waals surface area contributed by atoms with E-state index in [-0.39, 0.29) is 27.1 Å². The second-order valence-corrected chi connectivity index (χ2v) is 7.84. The van der Waals surface area contributed by atoms with Gasteiger partial charge in [0.1, 0.15) is 0 Å². The second-order valence-electron chi connectivity index (χ2n) is 5.16. The number of anilines is 1. The molecule has 0 aliphatic heterocycles. The smallest absolute Gasteiger partial charge is 0.255 e. The van der Waals surface area contributed by atoms with Crippen molar-refractivity contribution in [2.24, 2.45) is 0 Å². The summed E-state index contributed by atoms with van der Waals surface area (Å²) in [5.41, 5.74) is 0.941. The fourth-order valence-corrected chi connectivity index (χ4v) is 3.18. The molecule has 2 N–H and O–H groups in total. The minimum absolute atomic E-state index is 0.00835. The van der Waals surface area contributed by atoms with Crippen LogP contribution >= 0.6 is 11.6 Å². The molecule has 0 fully saturated rings. The van der Waals surface area contributed by atoms with Gasteiger partial charge in [-0.3, -0.25) is 9.59 Å². The lowest BCUT2D eigenvalue weighted by Crippen LogP contribution is -2.19. The Morgan fingerprint density at radius 3 is 2.24 bits per heavy atom. The van der Waals surface area contributed by atoms with Gasteiger partial charge in [-0.1, -0.05) is 18.5 Å². The first-order valence-corrected chi connectivity index (χ1v) is 9.47. The van der Waals surface area contributed by atoms with E-state index in [1.54, 1.807) is 13.0 Å². The normalized spacial score (nSPS) is 11.0. The summed E-state index contributed by atoms with van der Waals surface area (Å²) in [4.78, 5) is 24.2. The van der Waals surface area contributed by atoms with Crippen molar-refractivity contribution in [3.63, 3.8) is 0 Å². The average Bonchev–Trinajstić information content (AvgIpc) is 2.62. The van der Waals surface area contributed by atoms with Gasteiger partial charge < -0.3 is 10.6 Å². The Hall–Kier alpha value is -2.38. The lowest BCUT2D eigenvalue weighted by atomic mass is 10.1. The predicted molar refractivity (Wildman–Crippen MR) is 97.0 cm³/mol. The Labute approximate surface area is 151 Å². The summed E-state index contributed by atoms with van der Waals surface area (Å²) in [5.74, 6) is -0.799. The van der Waals surface area contributed by atoms with Crippen LogP contribution in [0.25, 0.3) is 0 Å². The number of nitrogens with one attached hydrogen (secondary N) is 2. The number of sulfone groups is 1. The molecule has 0 radical (unpaired) electrons. The third-order valence-electron chi connectivity index (χ3n) is 3.55. The maximum absolute atomic E-state index is 12.3. The maximum atomic E-state index is 12.3. The molecule has 0 aliphatic rings. The molecule has 2 amide bonds. The molecule has 2 rings (SSSR count). The lowest BCUT2D eigenvalue weighted by Gasteiger charge is -2.09. The summed E-state index contributed by atoms with van der Waals surface area (Å²) >= 11 is 5.97. The Bertz CT molecular complexity index is 909. The third kappa shape index (κ3) is 4.37. The van der Waals surface area contributed by atoms with Crippen LogP contribution in [0.5, 0.6) is 0 Å². The molecule has 0 bridgehead atoms. The quantitative estimate of drug-likeness (QED) is 0.834. The van der Waals surface area contributed by atoms with Gasteiger partial charge in [0, 0.05) is 18.3 Å². The lowest BCUT2D eigenvalue weighted by molar-refractivity contribution is 0.0961. The Morgan fingerprint density at radius 2 is 1.68 bits per heavy atom. The molecule has 0 aromatic heterocycles. The maximum Gasteiger partial charge on any atom is 0.255 e. The Balaban J connectivity index is 2.21. The van der Waals surface area contributed by atoms with Crippen LogP contribution in [0.4, 0.5) is 5.69 Å². The van der Waals surface area contributed by atoms with Crippen LogP contribution < -0.4 is 10.6 Å². The molecule has 25 heavy (non-hydrogen) atoms. The summed E-state index contributed by atoms with van der Waals surface area (Å²) in [6.07, 6.45) is 0. The summed E-state index contributed by atoms with van der Waals surface area (Å²) in [6.45, 7) is 1.56. The first-order chi connectivity index (χ1) is 11.8. The van der Waals surface area contributed by atoms with Gasteiger partial charge in [-0.05, 0) is 42.5 Å². The van der Waals surface area contributed by atoms with Gasteiger partial charge in [0.2, 0.25) is 0 Å². The zero-order chi connectivity index (χ0) is 18.6. The summed E-state index contributed by atoms with van der Waals surface area (Å²) in [6, 6.07) is 10.2. The van der Waals surface area contributed by atoms with Gasteiger partial charge in [0.25, 0.3) is 11.8 Å². The van der Waals surface area contributed by atoms with Crippen LogP contribution in [0.2, 0.25) is 5.02 Å². The highest BCUT2D eigenvalue weighted by molar-refractivity contribution is 7.91. The van der Waals surface area contributed by atoms with E-state index in [0.29, 0.717) is 11.3 Å². The molecule has 0 unspecified atom stereocenters. The molecule has 8 heteroatoms. The Kier molecular flexibility index (Phi) is 5.81. The minimum Gasteiger partial charge on any atom is -0.355 e. The molecule has 132 valence electrons. The van der Waals surface area contributed by atoms with Crippen LogP contribution in [0.15, 0.2) is 47.4 Å². The first kappa shape index (κ1) is 19.0. The second kappa shape index (κ2) is 7.67. The molecular weight excluding hydrogens is 364 g/mol. The molecule has 6 nitrogen and oxygen atoms in total. The van der Waals surface area contributed by atoms with E-state index in [2.05, 4.69) is 10.6 Å². The van der Waals surface area contributed by atoms with Crippen molar-refractivity contribution in [3.05, 3.63) is 58.6 Å². The third-order valence-corrected chi connectivity index (χ3v) is 5.63. The van der Waals surface area contributed by atoms with E-state index in [1.165, 1.54) is 43.4 Å². The first-order valence-electron chi connectivity index (χ1n) is 7.44. The predicted octanol–water partition coefficient (Wildman–Crippen LogP) is 2.75. The van der Waals surface area contributed by atoms with Crippen molar-refractivity contribution in [2.75, 3.05) is 18.1 Å². The van der Waals surface area contributed by atoms with Crippen molar-refractivity contribution in [1.82, 2.24) is 5.32 Å². The zero-order valence-corrected chi connectivity index (χ0v) is 15.2. The Morgan fingerprint density at radius 1 is 1.04 bits per heavy atom. The van der Waals surface area contributed by atoms with Gasteiger partial charge in [-0.25, -0.2) is 8.42 Å². The number of hydrogen-bond donors (Lipinski definition) is 2. The highest BCUT2D eigenvalue weighted by Crippen LogP contribution is 2.21. The molecule has 0 aliphatic carbocycles. The number of hydrogen-bond acceptors (Lipinski definition) is 4. The summed E-state index contributed by atoms with van der Waals surface area (Å²) in [5, 5.41) is 5.39. The highest BCUT2D eigenvalue weighted by atomic mass is 35.5. The van der Waals surface area contributed by atoms with E-state index < -0.39 is 15.7 Å². The monoisotopic (exact) mass is 380 g/mol. The average molecular weight is 381 g/mol. The fourth-order valence-electron chi connectivity index (χ4n) is 2.10. The molecule has 2 aromatic rings. The SMILES string of the molecule is CCS(=O)(=O)c1ccc(C(=O)Nc2ccc(Cl)c(C(=O)NC)c2)cc1. The van der Waals surface area contributed by atoms with Crippen LogP contribution in [0.3, 0.4) is 0 Å². The molecule has 0 spiro atoms. The molecule has 0 atom stereocenters. The topological polar surface area (TPSA) is 92.3 Å². The van der Waals surface area contributed by atoms with Crippen molar-refractivity contribution in [2.45, 2.75) is 11.8 Å². The largest absolute Gasteiger partial charge is 0.355 e. The zero-order valence-electron chi connectivity index (χ0n) is 13.7. The number of carbonyl (C=O) groups is 2. The number of rotatable bonds is 5. The van der Waals surface area contributed by atoms with E-state index >= 15 is 0 Å². The van der Waals surface area contributed by atoms with Crippen molar-refractivity contribution < 1.29 is 18.0 Å². The van der Waals surface area contributed by atoms with Crippen LogP contribution in [-0.2, 0) is 9.84 Å². The van der Waals surface area contributed by atoms with Gasteiger partial charge >= 0.3 is 0 Å². The van der Waals surface area contributed by atoms with Crippen LogP contribution in [0, 0.1) is 0 Å². The molecule has 0 saturated carbocycles. The van der Waals surface area contributed by atoms with Crippen LogP contribution in [0.1, 0.15) is 27.6 Å². The minimum atomic E-state index is -3.31. The number of benzene rings is 2. The van der Waals surface area contributed by atoms with Crippen molar-refractivity contribution in [1.29, 1.82) is 0 Å².